The molecule has 0 aliphatic heterocycles. The molecule has 0 aromatic carbocycles. The zero-order valence-electron chi connectivity index (χ0n) is 11.4. The smallest absolute Gasteiger partial charge is 0.342 e. The van der Waals surface area contributed by atoms with Gasteiger partial charge in [0.2, 0.25) is 0 Å². The monoisotopic (exact) mass is 268 g/mol. The largest absolute Gasteiger partial charge is 0.465 e. The number of nitrogens with one attached hydrogen (secondary N) is 1. The van der Waals surface area contributed by atoms with Gasteiger partial charge in [0.15, 0.2) is 0 Å². The number of ether oxygens (including phenoxy) is 1. The average Bonchev–Trinajstić information content (AvgIpc) is 2.34. The molecular formula is C13H20N2O2S. The Morgan fingerprint density at radius 1 is 1.56 bits per heavy atom. The Bertz CT molecular complexity index is 482. The van der Waals surface area contributed by atoms with Crippen molar-refractivity contribution < 1.29 is 9.53 Å². The fourth-order valence-corrected chi connectivity index (χ4v) is 2.17. The first-order chi connectivity index (χ1) is 8.51. The Morgan fingerprint density at radius 3 is 2.72 bits per heavy atom. The summed E-state index contributed by atoms with van der Waals surface area (Å²) in [7, 11) is 1.34. The number of nitrogens with zero attached hydrogens (tertiary/aromatic N) is 1. The molecule has 1 aromatic heterocycles. The third kappa shape index (κ3) is 3.38. The molecule has 1 rings (SSSR count). The molecule has 4 nitrogen and oxygen atoms in total. The van der Waals surface area contributed by atoms with Crippen molar-refractivity contribution >= 4 is 18.2 Å². The first kappa shape index (κ1) is 14.8. The predicted molar refractivity (Wildman–Crippen MR) is 73.4 cm³/mol. The van der Waals surface area contributed by atoms with Gasteiger partial charge in [0.05, 0.1) is 7.11 Å². The average molecular weight is 268 g/mol. The second kappa shape index (κ2) is 6.64. The first-order valence-corrected chi connectivity index (χ1v) is 6.61. The van der Waals surface area contributed by atoms with Gasteiger partial charge in [0, 0.05) is 11.6 Å². The van der Waals surface area contributed by atoms with E-state index in [2.05, 4.69) is 23.8 Å². The maximum atomic E-state index is 11.6. The number of aromatic amines is 1. The van der Waals surface area contributed by atoms with E-state index < -0.39 is 5.97 Å². The van der Waals surface area contributed by atoms with Crippen molar-refractivity contribution in [2.75, 3.05) is 7.11 Å². The van der Waals surface area contributed by atoms with Crippen LogP contribution in [0.3, 0.4) is 0 Å². The van der Waals surface area contributed by atoms with E-state index in [9.17, 15) is 4.79 Å². The van der Waals surface area contributed by atoms with E-state index in [1.165, 1.54) is 7.11 Å². The quantitative estimate of drug-likeness (QED) is 0.655. The molecule has 0 fully saturated rings. The molecule has 0 aliphatic rings. The fraction of sp³-hybridized carbons (Fsp3) is 0.615. The van der Waals surface area contributed by atoms with E-state index in [0.717, 1.165) is 30.8 Å². The molecule has 0 radical (unpaired) electrons. The summed E-state index contributed by atoms with van der Waals surface area (Å²) in [6, 6.07) is 0. The highest BCUT2D eigenvalue weighted by atomic mass is 32.1. The van der Waals surface area contributed by atoms with Gasteiger partial charge in [-0.3, -0.25) is 0 Å². The molecule has 1 aromatic rings. The molecule has 5 heteroatoms. The van der Waals surface area contributed by atoms with Gasteiger partial charge in [-0.2, -0.15) is 0 Å². The van der Waals surface area contributed by atoms with Gasteiger partial charge in [0.1, 0.15) is 16.0 Å². The van der Waals surface area contributed by atoms with E-state index in [-0.39, 0.29) is 0 Å². The highest BCUT2D eigenvalue weighted by Gasteiger charge is 2.16. The van der Waals surface area contributed by atoms with Crippen LogP contribution in [0, 0.1) is 11.6 Å². The third-order valence-corrected chi connectivity index (χ3v) is 3.27. The second-order valence-electron chi connectivity index (χ2n) is 4.46. The van der Waals surface area contributed by atoms with Crippen molar-refractivity contribution in [3.05, 3.63) is 21.7 Å². The van der Waals surface area contributed by atoms with Gasteiger partial charge in [-0.1, -0.05) is 38.9 Å². The van der Waals surface area contributed by atoms with Crippen molar-refractivity contribution in [1.29, 1.82) is 0 Å². The van der Waals surface area contributed by atoms with E-state index in [1.54, 1.807) is 0 Å². The lowest BCUT2D eigenvalue weighted by Crippen LogP contribution is -2.11. The number of unbranched alkanes of at least 4 members (excludes halogenated alkanes) is 1. The number of carbonyl (C=O) groups is 1. The zero-order chi connectivity index (χ0) is 13.7. The van der Waals surface area contributed by atoms with Crippen molar-refractivity contribution in [3.8, 4) is 0 Å². The van der Waals surface area contributed by atoms with Crippen LogP contribution in [0.5, 0.6) is 0 Å². The third-order valence-electron chi connectivity index (χ3n) is 2.97. The number of hydrogen-bond acceptors (Lipinski definition) is 4. The SMILES string of the molecule is CCCCC(C)c1nc(=S)c(C(=O)OC)c(C)[nH]1. The van der Waals surface area contributed by atoms with Crippen molar-refractivity contribution in [3.63, 3.8) is 0 Å². The molecule has 1 atom stereocenters. The van der Waals surface area contributed by atoms with Crippen molar-refractivity contribution in [2.24, 2.45) is 0 Å². The summed E-state index contributed by atoms with van der Waals surface area (Å²) < 4.78 is 5.01. The Hall–Kier alpha value is -1.23. The van der Waals surface area contributed by atoms with Crippen LogP contribution in [0.25, 0.3) is 0 Å². The number of methoxy groups -OCH3 is 1. The number of aromatic nitrogens is 2. The molecule has 0 bridgehead atoms. The maximum Gasteiger partial charge on any atom is 0.342 e. The molecule has 0 spiro atoms. The number of H-pyrrole nitrogens is 1. The molecule has 1 heterocycles. The van der Waals surface area contributed by atoms with E-state index in [1.807, 2.05) is 6.92 Å². The Balaban J connectivity index is 3.06. The van der Waals surface area contributed by atoms with Crippen LogP contribution in [-0.4, -0.2) is 23.0 Å². The van der Waals surface area contributed by atoms with Gasteiger partial charge < -0.3 is 9.72 Å². The predicted octanol–water partition coefficient (Wildman–Crippen LogP) is 3.53. The summed E-state index contributed by atoms with van der Waals surface area (Å²) in [4.78, 5) is 19.0. The number of rotatable bonds is 5. The fourth-order valence-electron chi connectivity index (χ4n) is 1.83. The van der Waals surface area contributed by atoms with Crippen molar-refractivity contribution in [2.45, 2.75) is 46.0 Å². The maximum absolute atomic E-state index is 11.6. The Kier molecular flexibility index (Phi) is 5.47. The summed E-state index contributed by atoms with van der Waals surface area (Å²) in [6.45, 7) is 6.09. The summed E-state index contributed by atoms with van der Waals surface area (Å²) >= 11 is 5.17. The molecule has 100 valence electrons. The van der Waals surface area contributed by atoms with Gasteiger partial charge in [-0.15, -0.1) is 0 Å². The lowest BCUT2D eigenvalue weighted by molar-refractivity contribution is 0.0598. The minimum absolute atomic E-state index is 0.316. The van der Waals surface area contributed by atoms with Gasteiger partial charge >= 0.3 is 5.97 Å². The molecule has 0 aliphatic carbocycles. The molecule has 0 saturated heterocycles. The van der Waals surface area contributed by atoms with E-state index >= 15 is 0 Å². The minimum atomic E-state index is -0.436. The van der Waals surface area contributed by atoms with Crippen LogP contribution >= 0.6 is 12.2 Å². The van der Waals surface area contributed by atoms with Gasteiger partial charge in [-0.05, 0) is 13.3 Å². The molecule has 1 unspecified atom stereocenters. The molecule has 0 saturated carbocycles. The van der Waals surface area contributed by atoms with Gasteiger partial charge in [0.25, 0.3) is 0 Å². The van der Waals surface area contributed by atoms with Gasteiger partial charge in [-0.25, -0.2) is 9.78 Å². The summed E-state index contributed by atoms with van der Waals surface area (Å²) in [5.74, 6) is 0.727. The van der Waals surface area contributed by atoms with Crippen LogP contribution in [0.2, 0.25) is 0 Å². The topological polar surface area (TPSA) is 55.0 Å². The summed E-state index contributed by atoms with van der Waals surface area (Å²) in [6.07, 6.45) is 3.37. The van der Waals surface area contributed by atoms with E-state index in [4.69, 9.17) is 17.0 Å². The molecule has 18 heavy (non-hydrogen) atoms. The first-order valence-electron chi connectivity index (χ1n) is 6.20. The van der Waals surface area contributed by atoms with Crippen LogP contribution < -0.4 is 0 Å². The summed E-state index contributed by atoms with van der Waals surface area (Å²) in [5.41, 5.74) is 1.08. The number of carbonyl (C=O) groups excluding carboxylic acids is 1. The molecular weight excluding hydrogens is 248 g/mol. The lowest BCUT2D eigenvalue weighted by Gasteiger charge is -2.13. The lowest BCUT2D eigenvalue weighted by atomic mass is 10.0. The molecule has 0 amide bonds. The summed E-state index contributed by atoms with van der Waals surface area (Å²) in [5, 5.41) is 0. The van der Waals surface area contributed by atoms with Crippen LogP contribution in [-0.2, 0) is 4.74 Å². The highest BCUT2D eigenvalue weighted by molar-refractivity contribution is 7.71. The Morgan fingerprint density at radius 2 is 2.22 bits per heavy atom. The Labute approximate surface area is 113 Å². The number of esters is 1. The second-order valence-corrected chi connectivity index (χ2v) is 4.85. The minimum Gasteiger partial charge on any atom is -0.465 e. The van der Waals surface area contributed by atoms with E-state index in [0.29, 0.717) is 16.1 Å². The molecule has 1 N–H and O–H groups in total. The standard InChI is InChI=1S/C13H20N2O2S/c1-5-6-7-8(2)11-14-9(3)10(12(18)15-11)13(16)17-4/h8H,5-7H2,1-4H3,(H,14,15,18). The van der Waals surface area contributed by atoms with Crippen molar-refractivity contribution in [1.82, 2.24) is 9.97 Å². The van der Waals surface area contributed by atoms with Crippen LogP contribution in [0.15, 0.2) is 0 Å². The zero-order valence-corrected chi connectivity index (χ0v) is 12.2. The number of aryl methyl sites for hydroxylation is 1. The highest BCUT2D eigenvalue weighted by Crippen LogP contribution is 2.19. The van der Waals surface area contributed by atoms with Crippen LogP contribution in [0.1, 0.15) is 60.9 Å². The van der Waals surface area contributed by atoms with Crippen LogP contribution in [0.4, 0.5) is 0 Å². The normalized spacial score (nSPS) is 12.2. The number of hydrogen-bond donors (Lipinski definition) is 1.